The molecule has 3 aromatic rings. The van der Waals surface area contributed by atoms with Gasteiger partial charge >= 0.3 is 0 Å². The van der Waals surface area contributed by atoms with Gasteiger partial charge in [-0.05, 0) is 41.7 Å². The van der Waals surface area contributed by atoms with Crippen molar-refractivity contribution in [1.29, 1.82) is 0 Å². The van der Waals surface area contributed by atoms with Crippen LogP contribution in [0, 0.1) is 26.1 Å². The van der Waals surface area contributed by atoms with Gasteiger partial charge in [-0.15, -0.1) is 0 Å². The molecule has 0 saturated heterocycles. The van der Waals surface area contributed by atoms with Crippen molar-refractivity contribution in [3.05, 3.63) is 88.9 Å². The standard InChI is InChI=1S/C22H23FN2O2.C2H6.CH3.Y/c1-14(2)13-25-22(27)20(18-7-5-4-6-15(18)3)21(26)19(24-25)12-16-8-10-17(23)11-9-16;1-2;;/h4-11,14,26H,12-13H2,1-3H3;1-2H3;1H3;/q;;-1;. The minimum atomic E-state index is -0.318. The molecule has 0 unspecified atom stereocenters. The molecular formula is C25H32FN2O2Y-. The van der Waals surface area contributed by atoms with Crippen LogP contribution in [0.15, 0.2) is 53.3 Å². The maximum absolute atomic E-state index is 13.2. The maximum atomic E-state index is 13.2. The van der Waals surface area contributed by atoms with Gasteiger partial charge in [0.05, 0.1) is 5.56 Å². The average Bonchev–Trinajstić information content (AvgIpc) is 2.70. The van der Waals surface area contributed by atoms with Gasteiger partial charge in [0.25, 0.3) is 5.56 Å². The Balaban J connectivity index is 0.00000219. The van der Waals surface area contributed by atoms with E-state index < -0.39 is 0 Å². The van der Waals surface area contributed by atoms with E-state index in [1.807, 2.05) is 58.9 Å². The molecule has 0 aliphatic carbocycles. The van der Waals surface area contributed by atoms with Crippen LogP contribution in [-0.2, 0) is 45.7 Å². The molecule has 6 heteroatoms. The molecule has 3 rings (SSSR count). The van der Waals surface area contributed by atoms with Crippen LogP contribution in [0.4, 0.5) is 4.39 Å². The molecule has 0 aliphatic heterocycles. The number of aromatic nitrogens is 2. The Labute approximate surface area is 210 Å². The summed E-state index contributed by atoms with van der Waals surface area (Å²) in [7, 11) is 0. The van der Waals surface area contributed by atoms with Gasteiger partial charge in [0.1, 0.15) is 11.5 Å². The van der Waals surface area contributed by atoms with E-state index in [1.165, 1.54) is 16.8 Å². The number of aryl methyl sites for hydroxylation is 1. The summed E-state index contributed by atoms with van der Waals surface area (Å²) in [5.41, 5.74) is 2.77. The number of aromatic hydroxyl groups is 1. The van der Waals surface area contributed by atoms with Crippen molar-refractivity contribution in [3.63, 3.8) is 0 Å². The van der Waals surface area contributed by atoms with Gasteiger partial charge in [-0.25, -0.2) is 9.07 Å². The first-order valence-corrected chi connectivity index (χ1v) is 10.00. The zero-order valence-corrected chi connectivity index (χ0v) is 22.2. The summed E-state index contributed by atoms with van der Waals surface area (Å²) >= 11 is 0. The van der Waals surface area contributed by atoms with E-state index in [4.69, 9.17) is 0 Å². The van der Waals surface area contributed by atoms with Crippen LogP contribution in [0.5, 0.6) is 5.75 Å². The van der Waals surface area contributed by atoms with Crippen LogP contribution in [0.25, 0.3) is 11.1 Å². The molecule has 0 amide bonds. The van der Waals surface area contributed by atoms with E-state index in [1.54, 1.807) is 12.1 Å². The molecule has 4 nitrogen and oxygen atoms in total. The molecule has 0 bridgehead atoms. The molecule has 0 atom stereocenters. The molecule has 0 spiro atoms. The molecule has 165 valence electrons. The summed E-state index contributed by atoms with van der Waals surface area (Å²) < 4.78 is 14.6. The Morgan fingerprint density at radius 2 is 1.65 bits per heavy atom. The zero-order chi connectivity index (χ0) is 21.6. The van der Waals surface area contributed by atoms with Crippen LogP contribution in [0.1, 0.15) is 44.5 Å². The summed E-state index contributed by atoms with van der Waals surface area (Å²) in [6.07, 6.45) is 0.309. The molecule has 31 heavy (non-hydrogen) atoms. The molecule has 2 aromatic carbocycles. The van der Waals surface area contributed by atoms with Gasteiger partial charge in [-0.3, -0.25) is 4.79 Å². The summed E-state index contributed by atoms with van der Waals surface area (Å²) in [5.74, 6) is -0.205. The van der Waals surface area contributed by atoms with Crippen molar-refractivity contribution in [2.45, 2.75) is 47.6 Å². The second-order valence-electron chi connectivity index (χ2n) is 7.17. The molecule has 0 fully saturated rings. The molecule has 0 aliphatic rings. The molecule has 1 radical (unpaired) electrons. The number of nitrogens with zero attached hydrogens (tertiary/aromatic N) is 2. The van der Waals surface area contributed by atoms with E-state index in [9.17, 15) is 14.3 Å². The molecule has 1 heterocycles. The minimum absolute atomic E-state index is 0. The fourth-order valence-electron chi connectivity index (χ4n) is 3.09. The first-order chi connectivity index (χ1) is 13.9. The zero-order valence-electron chi connectivity index (χ0n) is 19.3. The predicted octanol–water partition coefficient (Wildman–Crippen LogP) is 5.78. The summed E-state index contributed by atoms with van der Waals surface area (Å²) in [6, 6.07) is 13.5. The Hall–Kier alpha value is -1.85. The molecule has 1 N–H and O–H groups in total. The monoisotopic (exact) mass is 500 g/mol. The number of hydrogen-bond donors (Lipinski definition) is 1. The van der Waals surface area contributed by atoms with Gasteiger partial charge in [0.15, 0.2) is 5.75 Å². The van der Waals surface area contributed by atoms with Gasteiger partial charge < -0.3 is 12.5 Å². The number of halogens is 1. The van der Waals surface area contributed by atoms with Crippen LogP contribution in [0.3, 0.4) is 0 Å². The maximum Gasteiger partial charge on any atom is 0.278 e. The SMILES string of the molecule is CC.Cc1ccccc1-c1c(O)c(Cc2ccc(F)cc2)nn(CC(C)C)c1=O.[CH3-].[Y]. The first kappa shape index (κ1) is 29.2. The summed E-state index contributed by atoms with van der Waals surface area (Å²) in [6.45, 7) is 10.4. The smallest absolute Gasteiger partial charge is 0.278 e. The fourth-order valence-corrected chi connectivity index (χ4v) is 3.09. The van der Waals surface area contributed by atoms with Crippen LogP contribution >= 0.6 is 0 Å². The van der Waals surface area contributed by atoms with E-state index >= 15 is 0 Å². The number of rotatable bonds is 5. The van der Waals surface area contributed by atoms with Crippen molar-refractivity contribution in [2.75, 3.05) is 0 Å². The third-order valence-electron chi connectivity index (χ3n) is 4.44. The average molecular weight is 500 g/mol. The second kappa shape index (κ2) is 13.5. The second-order valence-corrected chi connectivity index (χ2v) is 7.17. The molecular weight excluding hydrogens is 468 g/mol. The Bertz CT molecular complexity index is 1020. The minimum Gasteiger partial charge on any atom is -0.505 e. The van der Waals surface area contributed by atoms with E-state index in [0.29, 0.717) is 24.2 Å². The fraction of sp³-hybridized carbons (Fsp3) is 0.320. The topological polar surface area (TPSA) is 55.1 Å². The van der Waals surface area contributed by atoms with Crippen LogP contribution < -0.4 is 5.56 Å². The third kappa shape index (κ3) is 7.36. The number of benzene rings is 2. The first-order valence-electron chi connectivity index (χ1n) is 10.00. The molecule has 0 saturated carbocycles. The van der Waals surface area contributed by atoms with Gasteiger partial charge in [0, 0.05) is 45.7 Å². The summed E-state index contributed by atoms with van der Waals surface area (Å²) in [4.78, 5) is 13.0. The van der Waals surface area contributed by atoms with Crippen LogP contribution in [0.2, 0.25) is 0 Å². The summed E-state index contributed by atoms with van der Waals surface area (Å²) in [5, 5.41) is 15.3. The van der Waals surface area contributed by atoms with Crippen molar-refractivity contribution in [2.24, 2.45) is 5.92 Å². The van der Waals surface area contributed by atoms with Crippen molar-refractivity contribution >= 4 is 0 Å². The largest absolute Gasteiger partial charge is 0.505 e. The quantitative estimate of drug-likeness (QED) is 0.452. The van der Waals surface area contributed by atoms with Gasteiger partial charge in [-0.2, -0.15) is 5.10 Å². The van der Waals surface area contributed by atoms with Crippen molar-refractivity contribution < 1.29 is 42.2 Å². The van der Waals surface area contributed by atoms with E-state index in [0.717, 1.165) is 11.1 Å². The van der Waals surface area contributed by atoms with E-state index in [-0.39, 0.29) is 68.7 Å². The Kier molecular flexibility index (Phi) is 12.7. The van der Waals surface area contributed by atoms with Gasteiger partial charge in [-0.1, -0.05) is 64.1 Å². The third-order valence-corrected chi connectivity index (χ3v) is 4.44. The van der Waals surface area contributed by atoms with E-state index in [2.05, 4.69) is 5.10 Å². The Morgan fingerprint density at radius 3 is 2.19 bits per heavy atom. The Morgan fingerprint density at radius 1 is 1.06 bits per heavy atom. The number of hydrogen-bond acceptors (Lipinski definition) is 3. The van der Waals surface area contributed by atoms with Crippen LogP contribution in [-0.4, -0.2) is 14.9 Å². The van der Waals surface area contributed by atoms with Gasteiger partial charge in [0.2, 0.25) is 0 Å². The van der Waals surface area contributed by atoms with Crippen molar-refractivity contribution in [1.82, 2.24) is 9.78 Å². The van der Waals surface area contributed by atoms with Crippen molar-refractivity contribution in [3.8, 4) is 16.9 Å². The predicted molar refractivity (Wildman–Crippen MR) is 122 cm³/mol. The molecule has 1 aromatic heterocycles. The normalized spacial score (nSPS) is 9.90.